The normalized spacial score (nSPS) is 11.7. The zero-order valence-corrected chi connectivity index (χ0v) is 28.3. The molecule has 248 valence electrons. The first-order valence-corrected chi connectivity index (χ1v) is 17.5. The Labute approximate surface area is 278 Å². The number of pyridine rings is 1. The van der Waals surface area contributed by atoms with Crippen LogP contribution in [0.5, 0.6) is 11.6 Å². The van der Waals surface area contributed by atoms with Gasteiger partial charge in [0.15, 0.2) is 6.73 Å². The molecule has 0 aliphatic carbocycles. The summed E-state index contributed by atoms with van der Waals surface area (Å²) < 4.78 is 12.3. The third kappa shape index (κ3) is 14.0. The molecule has 46 heavy (non-hydrogen) atoms. The van der Waals surface area contributed by atoms with Gasteiger partial charge in [-0.3, -0.25) is 14.6 Å². The SMILES string of the molecule is CCC=CCC=CCC=CCCCCCCCC(=O)OCn1c(O)c(Cc2ccc(OCCc3ccc(CC)cn3)cc2)sc1=O. The standard InChI is InChI=1S/C38H50N2O5S/c1-3-5-6-7-8-9-10-11-12-13-14-15-16-17-18-19-36(41)45-30-40-37(42)35(46-38(40)43)28-32-21-24-34(25-22-32)44-27-26-33-23-20-31(4-2)29-39-33/h5-6,8-9,11-12,20-25,29,42H,3-4,7,10,13-19,26-28,30H2,1-2H3. The van der Waals surface area contributed by atoms with E-state index in [0.29, 0.717) is 24.3 Å². The predicted octanol–water partition coefficient (Wildman–Crippen LogP) is 8.88. The van der Waals surface area contributed by atoms with Crippen molar-refractivity contribution < 1.29 is 19.4 Å². The number of unbranched alkanes of at least 4 members (excludes halogenated alkanes) is 5. The lowest BCUT2D eigenvalue weighted by Crippen LogP contribution is -2.17. The summed E-state index contributed by atoms with van der Waals surface area (Å²) in [5.74, 6) is 0.238. The van der Waals surface area contributed by atoms with Crippen LogP contribution in [0.4, 0.5) is 0 Å². The Hall–Kier alpha value is -3.91. The monoisotopic (exact) mass is 646 g/mol. The molecule has 1 N–H and O–H groups in total. The van der Waals surface area contributed by atoms with Gasteiger partial charge in [0.2, 0.25) is 5.88 Å². The Morgan fingerprint density at radius 1 is 0.891 bits per heavy atom. The molecule has 0 aliphatic rings. The molecule has 2 heterocycles. The maximum atomic E-state index is 12.5. The van der Waals surface area contributed by atoms with Gasteiger partial charge in [-0.1, -0.05) is 99.1 Å². The van der Waals surface area contributed by atoms with Gasteiger partial charge < -0.3 is 14.6 Å². The Morgan fingerprint density at radius 3 is 2.30 bits per heavy atom. The van der Waals surface area contributed by atoms with Gasteiger partial charge in [0.1, 0.15) is 5.75 Å². The molecule has 0 bridgehead atoms. The molecule has 0 saturated heterocycles. The first-order valence-electron chi connectivity index (χ1n) is 16.7. The quantitative estimate of drug-likeness (QED) is 0.0666. The first kappa shape index (κ1) is 36.6. The van der Waals surface area contributed by atoms with Gasteiger partial charge in [-0.15, -0.1) is 0 Å². The van der Waals surface area contributed by atoms with Crippen LogP contribution in [-0.2, 0) is 35.5 Å². The molecule has 3 aromatic rings. The lowest BCUT2D eigenvalue weighted by Gasteiger charge is -2.08. The van der Waals surface area contributed by atoms with Gasteiger partial charge in [0, 0.05) is 31.2 Å². The van der Waals surface area contributed by atoms with Crippen molar-refractivity contribution in [2.24, 2.45) is 0 Å². The van der Waals surface area contributed by atoms with Gasteiger partial charge in [-0.25, -0.2) is 4.57 Å². The number of thiazole rings is 1. The van der Waals surface area contributed by atoms with E-state index in [1.54, 1.807) is 0 Å². The third-order valence-corrected chi connectivity index (χ3v) is 8.50. The molecule has 0 amide bonds. The van der Waals surface area contributed by atoms with Crippen LogP contribution in [0.3, 0.4) is 0 Å². The highest BCUT2D eigenvalue weighted by Crippen LogP contribution is 2.25. The molecule has 0 spiro atoms. The molecule has 2 aromatic heterocycles. The predicted molar refractivity (Wildman–Crippen MR) is 188 cm³/mol. The van der Waals surface area contributed by atoms with E-state index in [9.17, 15) is 14.7 Å². The Morgan fingerprint density at radius 2 is 1.59 bits per heavy atom. The van der Waals surface area contributed by atoms with Crippen LogP contribution < -0.4 is 9.61 Å². The minimum Gasteiger partial charge on any atom is -0.494 e. The number of rotatable bonds is 22. The van der Waals surface area contributed by atoms with E-state index in [4.69, 9.17) is 9.47 Å². The molecule has 0 fully saturated rings. The molecule has 3 rings (SSSR count). The van der Waals surface area contributed by atoms with Crippen molar-refractivity contribution in [3.8, 4) is 11.6 Å². The summed E-state index contributed by atoms with van der Waals surface area (Å²) in [5, 5.41) is 10.7. The second-order valence-electron chi connectivity index (χ2n) is 11.2. The number of benzene rings is 1. The van der Waals surface area contributed by atoms with Gasteiger partial charge in [0.05, 0.1) is 11.5 Å². The van der Waals surface area contributed by atoms with Crippen molar-refractivity contribution in [1.29, 1.82) is 0 Å². The number of nitrogens with zero attached hydrogens (tertiary/aromatic N) is 2. The van der Waals surface area contributed by atoms with Gasteiger partial charge in [0.25, 0.3) is 0 Å². The zero-order valence-electron chi connectivity index (χ0n) is 27.5. The van der Waals surface area contributed by atoms with Gasteiger partial charge in [-0.05, 0) is 74.3 Å². The van der Waals surface area contributed by atoms with Crippen LogP contribution in [-0.4, -0.2) is 27.2 Å². The fourth-order valence-corrected chi connectivity index (χ4v) is 5.64. The highest BCUT2D eigenvalue weighted by atomic mass is 32.1. The van der Waals surface area contributed by atoms with Crippen molar-refractivity contribution in [1.82, 2.24) is 9.55 Å². The van der Waals surface area contributed by atoms with Gasteiger partial charge >= 0.3 is 10.8 Å². The Kier molecular flexibility index (Phi) is 17.3. The maximum absolute atomic E-state index is 12.5. The van der Waals surface area contributed by atoms with Crippen molar-refractivity contribution in [3.63, 3.8) is 0 Å². The number of aryl methyl sites for hydroxylation is 1. The van der Waals surface area contributed by atoms with Crippen LogP contribution in [0.2, 0.25) is 0 Å². The van der Waals surface area contributed by atoms with Crippen molar-refractivity contribution in [2.45, 2.75) is 104 Å². The van der Waals surface area contributed by atoms with Crippen LogP contribution in [0.1, 0.15) is 99.8 Å². The molecule has 0 radical (unpaired) electrons. The number of hydrogen-bond acceptors (Lipinski definition) is 7. The second-order valence-corrected chi connectivity index (χ2v) is 12.3. The number of esters is 1. The molecule has 1 aromatic carbocycles. The van der Waals surface area contributed by atoms with E-state index < -0.39 is 0 Å². The lowest BCUT2D eigenvalue weighted by atomic mass is 10.1. The summed E-state index contributed by atoms with van der Waals surface area (Å²) in [7, 11) is 0. The van der Waals surface area contributed by atoms with Crippen LogP contribution in [0.15, 0.2) is 83.8 Å². The fourth-order valence-electron chi connectivity index (χ4n) is 4.74. The highest BCUT2D eigenvalue weighted by molar-refractivity contribution is 7.09. The van der Waals surface area contributed by atoms with Crippen molar-refractivity contribution >= 4 is 17.3 Å². The van der Waals surface area contributed by atoms with E-state index >= 15 is 0 Å². The second kappa shape index (κ2) is 21.8. The van der Waals surface area contributed by atoms with Crippen LogP contribution in [0, 0.1) is 0 Å². The molecule has 0 aliphatic heterocycles. The summed E-state index contributed by atoms with van der Waals surface area (Å²) in [6, 6.07) is 11.7. The molecular weight excluding hydrogens is 596 g/mol. The van der Waals surface area contributed by atoms with E-state index in [2.05, 4.69) is 61.4 Å². The fraction of sp³-hybridized carbons (Fsp3) is 0.447. The number of allylic oxidation sites excluding steroid dienone is 6. The summed E-state index contributed by atoms with van der Waals surface area (Å²) in [4.78, 5) is 29.4. The first-order chi connectivity index (χ1) is 22.5. The number of carbonyl (C=O) groups is 1. The summed E-state index contributed by atoms with van der Waals surface area (Å²) in [6.45, 7) is 4.50. The average molecular weight is 647 g/mol. The Balaban J connectivity index is 1.28. The van der Waals surface area contributed by atoms with E-state index in [-0.39, 0.29) is 23.5 Å². The number of carbonyl (C=O) groups excluding carboxylic acids is 1. The average Bonchev–Trinajstić information content (AvgIpc) is 3.33. The Bertz CT molecular complexity index is 1440. The van der Waals surface area contributed by atoms with E-state index in [1.807, 2.05) is 36.5 Å². The molecule has 0 unspecified atom stereocenters. The number of ether oxygens (including phenoxy) is 2. The molecule has 0 atom stereocenters. The van der Waals surface area contributed by atoms with E-state index in [1.165, 1.54) is 5.56 Å². The van der Waals surface area contributed by atoms with Crippen molar-refractivity contribution in [2.75, 3.05) is 6.61 Å². The number of aromatic nitrogens is 2. The van der Waals surface area contributed by atoms with Gasteiger partial charge in [-0.2, -0.15) is 0 Å². The highest BCUT2D eigenvalue weighted by Gasteiger charge is 2.16. The molecule has 8 heteroatoms. The summed E-state index contributed by atoms with van der Waals surface area (Å²) in [5.41, 5.74) is 3.15. The van der Waals surface area contributed by atoms with Crippen molar-refractivity contribution in [3.05, 3.63) is 110 Å². The van der Waals surface area contributed by atoms with Crippen LogP contribution >= 0.6 is 11.3 Å². The topological polar surface area (TPSA) is 90.7 Å². The number of hydrogen-bond donors (Lipinski definition) is 1. The minimum absolute atomic E-state index is 0.154. The molecular formula is C38H50N2O5S. The summed E-state index contributed by atoms with van der Waals surface area (Å²) >= 11 is 0.963. The number of aromatic hydroxyl groups is 1. The maximum Gasteiger partial charge on any atom is 0.313 e. The smallest absolute Gasteiger partial charge is 0.313 e. The zero-order chi connectivity index (χ0) is 32.8. The minimum atomic E-state index is -0.357. The molecule has 0 saturated carbocycles. The third-order valence-electron chi connectivity index (χ3n) is 7.53. The van der Waals surface area contributed by atoms with Crippen LogP contribution in [0.25, 0.3) is 0 Å². The van der Waals surface area contributed by atoms with E-state index in [0.717, 1.165) is 104 Å². The largest absolute Gasteiger partial charge is 0.494 e. The summed E-state index contributed by atoms with van der Waals surface area (Å²) in [6.07, 6.45) is 26.8. The molecule has 7 nitrogen and oxygen atoms in total. The lowest BCUT2D eigenvalue weighted by molar-refractivity contribution is -0.147.